The highest BCUT2D eigenvalue weighted by Crippen LogP contribution is 2.34. The van der Waals surface area contributed by atoms with Gasteiger partial charge in [0.25, 0.3) is 0 Å². The molecule has 2 aliphatic rings. The average molecular weight is 958 g/mol. The summed E-state index contributed by atoms with van der Waals surface area (Å²) in [6, 6.07) is 17.5. The van der Waals surface area contributed by atoms with Gasteiger partial charge in [0.2, 0.25) is 0 Å². The molecule has 380 valence electrons. The Morgan fingerprint density at radius 2 is 0.913 bits per heavy atom. The van der Waals surface area contributed by atoms with Crippen LogP contribution in [0.25, 0.3) is 0 Å². The number of carbonyl (C=O) groups is 4. The lowest BCUT2D eigenvalue weighted by molar-refractivity contribution is -0.163. The molecule has 0 radical (unpaired) electrons. The zero-order valence-corrected chi connectivity index (χ0v) is 44.2. The van der Waals surface area contributed by atoms with Gasteiger partial charge in [0.05, 0.1) is 18.9 Å². The average Bonchev–Trinajstić information content (AvgIpc) is 3.87. The first-order valence-electron chi connectivity index (χ1n) is 24.6. The number of carbonyl (C=O) groups excluding carboxylic acids is 4. The van der Waals surface area contributed by atoms with Crippen molar-refractivity contribution in [3.05, 3.63) is 99.4 Å². The molecule has 0 N–H and O–H groups in total. The van der Waals surface area contributed by atoms with Crippen molar-refractivity contribution in [2.75, 3.05) is 33.3 Å². The molecule has 2 saturated heterocycles. The summed E-state index contributed by atoms with van der Waals surface area (Å²) in [5, 5.41) is 0. The van der Waals surface area contributed by atoms with Crippen LogP contribution in [0.4, 0.5) is 14.0 Å². The fourth-order valence-corrected chi connectivity index (χ4v) is 9.45. The van der Waals surface area contributed by atoms with Crippen LogP contribution in [0.5, 0.6) is 5.75 Å². The van der Waals surface area contributed by atoms with E-state index in [1.54, 1.807) is 9.80 Å². The van der Waals surface area contributed by atoms with Crippen LogP contribution in [-0.2, 0) is 61.0 Å². The summed E-state index contributed by atoms with van der Waals surface area (Å²) in [5.74, 6) is -1.80. The van der Waals surface area contributed by atoms with E-state index in [9.17, 15) is 19.2 Å². The van der Waals surface area contributed by atoms with E-state index in [0.29, 0.717) is 77.2 Å². The molecule has 2 amide bonds. The van der Waals surface area contributed by atoms with Gasteiger partial charge in [0.15, 0.2) is 0 Å². The molecule has 4 atom stereocenters. The van der Waals surface area contributed by atoms with Crippen molar-refractivity contribution in [1.82, 2.24) is 14.7 Å². The van der Waals surface area contributed by atoms with E-state index in [0.717, 1.165) is 38.9 Å². The van der Waals surface area contributed by atoms with E-state index in [4.69, 9.17) is 23.7 Å². The number of amides is 2. The van der Waals surface area contributed by atoms with Gasteiger partial charge in [-0.2, -0.15) is 0 Å². The minimum Gasteiger partial charge on any atom is -0.497 e. The number of rotatable bonds is 15. The van der Waals surface area contributed by atoms with Gasteiger partial charge in [0, 0.05) is 51.9 Å². The van der Waals surface area contributed by atoms with Crippen molar-refractivity contribution in [3.8, 4) is 5.75 Å². The number of aryl methyl sites for hydroxylation is 2. The van der Waals surface area contributed by atoms with Gasteiger partial charge in [-0.25, -0.2) is 14.0 Å². The SMILES string of the molecule is COc1cc(F)cc(CN(Cc2cc(C)cc(C[C@H](C(=O)OC(C)(C)C)[C@H]3CCN(C(=O)OC(C)(C)C)C3)c2)Cc2cc(C)cc(C[C@H](C(=O)OC(C)(C)C)[C@H]3CCN(C(=O)OC(C)(C)C)C3)c2)c1. The van der Waals surface area contributed by atoms with Gasteiger partial charge in [0.1, 0.15) is 34.0 Å². The van der Waals surface area contributed by atoms with E-state index in [2.05, 4.69) is 41.3 Å². The van der Waals surface area contributed by atoms with Crippen molar-refractivity contribution in [3.63, 3.8) is 0 Å². The van der Waals surface area contributed by atoms with Crippen LogP contribution in [0.15, 0.2) is 54.6 Å². The fourth-order valence-electron chi connectivity index (χ4n) is 9.45. The first kappa shape index (κ1) is 54.8. The van der Waals surface area contributed by atoms with Crippen LogP contribution < -0.4 is 4.74 Å². The molecule has 0 spiro atoms. The van der Waals surface area contributed by atoms with E-state index in [-0.39, 0.29) is 36.0 Å². The number of ether oxygens (including phenoxy) is 5. The summed E-state index contributed by atoms with van der Waals surface area (Å²) >= 11 is 0. The van der Waals surface area contributed by atoms with Gasteiger partial charge in [-0.1, -0.05) is 47.5 Å². The maximum atomic E-state index is 15.0. The third-order valence-electron chi connectivity index (χ3n) is 12.0. The van der Waals surface area contributed by atoms with E-state index in [1.165, 1.54) is 19.2 Å². The molecular weight excluding hydrogens is 878 g/mol. The molecule has 3 aromatic rings. The van der Waals surface area contributed by atoms with Crippen molar-refractivity contribution in [2.45, 2.75) is 165 Å². The number of hydrogen-bond donors (Lipinski definition) is 0. The predicted octanol–water partition coefficient (Wildman–Crippen LogP) is 11.2. The van der Waals surface area contributed by atoms with E-state index < -0.39 is 40.1 Å². The third-order valence-corrected chi connectivity index (χ3v) is 12.0. The Bertz CT molecular complexity index is 2150. The molecule has 2 fully saturated rings. The highest BCUT2D eigenvalue weighted by molar-refractivity contribution is 5.75. The summed E-state index contributed by atoms with van der Waals surface area (Å²) in [6.07, 6.45) is 1.38. The Morgan fingerprint density at radius 1 is 0.551 bits per heavy atom. The molecular formula is C56H80FN3O9. The van der Waals surface area contributed by atoms with Crippen LogP contribution in [0.3, 0.4) is 0 Å². The van der Waals surface area contributed by atoms with Gasteiger partial charge < -0.3 is 33.5 Å². The van der Waals surface area contributed by atoms with Gasteiger partial charge >= 0.3 is 24.1 Å². The summed E-state index contributed by atoms with van der Waals surface area (Å²) < 4.78 is 43.9. The third kappa shape index (κ3) is 17.6. The summed E-state index contributed by atoms with van der Waals surface area (Å²) in [5.41, 5.74) is 4.15. The molecule has 0 aromatic heterocycles. The van der Waals surface area contributed by atoms with E-state index >= 15 is 4.39 Å². The number of hydrogen-bond acceptors (Lipinski definition) is 10. The van der Waals surface area contributed by atoms with Crippen molar-refractivity contribution >= 4 is 24.1 Å². The topological polar surface area (TPSA) is 124 Å². The molecule has 12 nitrogen and oxygen atoms in total. The number of halogens is 1. The van der Waals surface area contributed by atoms with Crippen molar-refractivity contribution in [1.29, 1.82) is 0 Å². The van der Waals surface area contributed by atoms with Crippen LogP contribution >= 0.6 is 0 Å². The summed E-state index contributed by atoms with van der Waals surface area (Å²) in [6.45, 7) is 29.5. The zero-order chi connectivity index (χ0) is 51.2. The predicted molar refractivity (Wildman–Crippen MR) is 266 cm³/mol. The first-order chi connectivity index (χ1) is 31.9. The second-order valence-corrected chi connectivity index (χ2v) is 23.4. The molecule has 13 heteroatoms. The smallest absolute Gasteiger partial charge is 0.410 e. The lowest BCUT2D eigenvalue weighted by Crippen LogP contribution is -2.38. The van der Waals surface area contributed by atoms with Crippen LogP contribution in [-0.4, -0.2) is 94.5 Å². The lowest BCUT2D eigenvalue weighted by Gasteiger charge is -2.29. The monoisotopic (exact) mass is 958 g/mol. The molecule has 0 bridgehead atoms. The quantitative estimate of drug-likeness (QED) is 0.107. The number of methoxy groups -OCH3 is 1. The Labute approximate surface area is 411 Å². The minimum atomic E-state index is -0.692. The molecule has 2 heterocycles. The minimum absolute atomic E-state index is 0.126. The highest BCUT2D eigenvalue weighted by Gasteiger charge is 2.41. The number of esters is 2. The molecule has 0 saturated carbocycles. The van der Waals surface area contributed by atoms with Crippen molar-refractivity contribution < 1.29 is 47.3 Å². The van der Waals surface area contributed by atoms with Gasteiger partial charge in [-0.3, -0.25) is 14.5 Å². The van der Waals surface area contributed by atoms with Gasteiger partial charge in [-0.05, 0) is 174 Å². The van der Waals surface area contributed by atoms with Crippen LogP contribution in [0.1, 0.15) is 135 Å². The maximum Gasteiger partial charge on any atom is 0.410 e. The second kappa shape index (κ2) is 22.3. The molecule has 69 heavy (non-hydrogen) atoms. The largest absolute Gasteiger partial charge is 0.497 e. The summed E-state index contributed by atoms with van der Waals surface area (Å²) in [4.78, 5) is 59.9. The molecule has 0 unspecified atom stereocenters. The molecule has 3 aromatic carbocycles. The fraction of sp³-hybridized carbons (Fsp3) is 0.607. The van der Waals surface area contributed by atoms with Crippen LogP contribution in [0, 0.1) is 43.3 Å². The van der Waals surface area contributed by atoms with Crippen LogP contribution in [0.2, 0.25) is 0 Å². The zero-order valence-electron chi connectivity index (χ0n) is 44.2. The standard InChI is InChI=1S/C56H80FN3O9/c1-36-20-38(28-47(49(61)66-53(3,4)5)43-16-18-59(34-43)51(63)68-55(9,10)11)24-40(22-36)31-58(33-42-26-45(57)30-46(27-42)65-15)32-41-23-37(2)21-39(25-41)29-48(50(62)67-54(6,7)8)44-17-19-60(35-44)52(64)69-56(12,13)14/h20-27,30,43-44,47-48H,16-19,28-29,31-35H2,1-15H3/t43-,44-,47-,48-/m0/s1. The van der Waals surface area contributed by atoms with Gasteiger partial charge in [-0.15, -0.1) is 0 Å². The van der Waals surface area contributed by atoms with E-state index in [1.807, 2.05) is 103 Å². The number of nitrogens with zero attached hydrogens (tertiary/aromatic N) is 3. The Hall–Kier alpha value is -5.17. The molecule has 5 rings (SSSR count). The Kier molecular flexibility index (Phi) is 17.7. The normalized spacial score (nSPS) is 17.7. The number of likely N-dealkylation sites (tertiary alicyclic amines) is 2. The Morgan fingerprint density at radius 3 is 1.28 bits per heavy atom. The van der Waals surface area contributed by atoms with Crippen molar-refractivity contribution in [2.24, 2.45) is 23.7 Å². The molecule has 0 aliphatic carbocycles. The highest BCUT2D eigenvalue weighted by atomic mass is 19.1. The summed E-state index contributed by atoms with van der Waals surface area (Å²) in [7, 11) is 1.52. The maximum absolute atomic E-state index is 15.0. The molecule has 2 aliphatic heterocycles. The Balaban J connectivity index is 1.45. The lowest BCUT2D eigenvalue weighted by atomic mass is 9.85. The first-order valence-corrected chi connectivity index (χ1v) is 24.6. The number of benzene rings is 3. The second-order valence-electron chi connectivity index (χ2n) is 23.4.